The van der Waals surface area contributed by atoms with Crippen LogP contribution in [0, 0.1) is 5.92 Å². The molecule has 0 spiro atoms. The summed E-state index contributed by atoms with van der Waals surface area (Å²) in [4.78, 5) is 16.7. The Morgan fingerprint density at radius 3 is 2.39 bits per heavy atom. The fourth-order valence-corrected chi connectivity index (χ4v) is 2.20. The highest BCUT2D eigenvalue weighted by Gasteiger charge is 2.20. The molecule has 0 saturated heterocycles. The Balaban J connectivity index is 2.14. The summed E-state index contributed by atoms with van der Waals surface area (Å²) in [7, 11) is 0. The zero-order valence-corrected chi connectivity index (χ0v) is 13.4. The Morgan fingerprint density at radius 2 is 1.78 bits per heavy atom. The van der Waals surface area contributed by atoms with Crippen molar-refractivity contribution < 1.29 is 9.90 Å². The van der Waals surface area contributed by atoms with Gasteiger partial charge in [-0.25, -0.2) is 4.79 Å². The van der Waals surface area contributed by atoms with Crippen molar-refractivity contribution in [1.82, 2.24) is 15.6 Å². The second-order valence-electron chi connectivity index (χ2n) is 5.66. The molecule has 3 unspecified atom stereocenters. The molecule has 5 heteroatoms. The summed E-state index contributed by atoms with van der Waals surface area (Å²) in [5, 5.41) is 15.0. The average molecular weight is 313 g/mol. The zero-order chi connectivity index (χ0) is 16.7. The van der Waals surface area contributed by atoms with Crippen molar-refractivity contribution in [3.8, 4) is 0 Å². The number of hydrogen-bond acceptors (Lipinski definition) is 3. The fraction of sp³-hybridized carbons (Fsp3) is 0.333. The molecule has 0 fully saturated rings. The van der Waals surface area contributed by atoms with Gasteiger partial charge in [-0.3, -0.25) is 4.98 Å². The Morgan fingerprint density at radius 1 is 1.09 bits per heavy atom. The van der Waals surface area contributed by atoms with E-state index in [-0.39, 0.29) is 30.6 Å². The lowest BCUT2D eigenvalue weighted by Gasteiger charge is -2.23. The Kier molecular flexibility index (Phi) is 6.11. The van der Waals surface area contributed by atoms with E-state index in [2.05, 4.69) is 15.6 Å². The van der Waals surface area contributed by atoms with Crippen LogP contribution in [0.5, 0.6) is 0 Å². The minimum Gasteiger partial charge on any atom is -0.396 e. The highest BCUT2D eigenvalue weighted by Crippen LogP contribution is 2.19. The number of hydrogen-bond donors (Lipinski definition) is 3. The first kappa shape index (κ1) is 17.0. The van der Waals surface area contributed by atoms with Gasteiger partial charge in [0.1, 0.15) is 0 Å². The van der Waals surface area contributed by atoms with Crippen LogP contribution >= 0.6 is 0 Å². The number of amides is 2. The van der Waals surface area contributed by atoms with Gasteiger partial charge in [-0.1, -0.05) is 43.3 Å². The van der Waals surface area contributed by atoms with Gasteiger partial charge >= 0.3 is 6.03 Å². The van der Waals surface area contributed by atoms with Crippen molar-refractivity contribution in [3.05, 3.63) is 66.0 Å². The van der Waals surface area contributed by atoms with Crippen LogP contribution in [0.3, 0.4) is 0 Å². The SMILES string of the molecule is CC(CO)C(C)NC(=O)NC(c1ccccc1)c1ccccn1. The van der Waals surface area contributed by atoms with E-state index in [0.29, 0.717) is 0 Å². The maximum absolute atomic E-state index is 12.3. The number of nitrogens with zero attached hydrogens (tertiary/aromatic N) is 1. The number of aromatic nitrogens is 1. The van der Waals surface area contributed by atoms with Crippen LogP contribution in [0.25, 0.3) is 0 Å². The number of nitrogens with one attached hydrogen (secondary N) is 2. The topological polar surface area (TPSA) is 74.2 Å². The van der Waals surface area contributed by atoms with Gasteiger partial charge in [0.25, 0.3) is 0 Å². The van der Waals surface area contributed by atoms with E-state index < -0.39 is 0 Å². The lowest BCUT2D eigenvalue weighted by molar-refractivity contribution is 0.199. The quantitative estimate of drug-likeness (QED) is 0.767. The third-order valence-electron chi connectivity index (χ3n) is 3.89. The molecule has 0 aliphatic carbocycles. The summed E-state index contributed by atoms with van der Waals surface area (Å²) in [6.45, 7) is 3.79. The molecule has 3 N–H and O–H groups in total. The van der Waals surface area contributed by atoms with E-state index in [9.17, 15) is 9.90 Å². The third-order valence-corrected chi connectivity index (χ3v) is 3.89. The van der Waals surface area contributed by atoms with Crippen molar-refractivity contribution in [2.45, 2.75) is 25.9 Å². The lowest BCUT2D eigenvalue weighted by atomic mass is 10.0. The molecule has 2 aromatic rings. The normalized spacial score (nSPS) is 14.6. The molecule has 1 aromatic carbocycles. The summed E-state index contributed by atoms with van der Waals surface area (Å²) >= 11 is 0. The van der Waals surface area contributed by atoms with E-state index in [1.807, 2.05) is 62.4 Å². The minimum atomic E-state index is -0.325. The van der Waals surface area contributed by atoms with Crippen LogP contribution in [0.1, 0.15) is 31.1 Å². The molecule has 0 bridgehead atoms. The van der Waals surface area contributed by atoms with Crippen molar-refractivity contribution in [2.24, 2.45) is 5.92 Å². The van der Waals surface area contributed by atoms with Gasteiger partial charge in [0, 0.05) is 18.8 Å². The largest absolute Gasteiger partial charge is 0.396 e. The lowest BCUT2D eigenvalue weighted by Crippen LogP contribution is -2.45. The Hall–Kier alpha value is -2.40. The maximum atomic E-state index is 12.3. The number of benzene rings is 1. The Bertz CT molecular complexity index is 565. The van der Waals surface area contributed by atoms with E-state index in [1.165, 1.54) is 0 Å². The van der Waals surface area contributed by atoms with Crippen LogP contribution in [0.4, 0.5) is 4.79 Å². The molecule has 2 amide bonds. The van der Waals surface area contributed by atoms with Gasteiger partial charge in [0.05, 0.1) is 11.7 Å². The van der Waals surface area contributed by atoms with Crippen molar-refractivity contribution in [2.75, 3.05) is 6.61 Å². The summed E-state index contributed by atoms with van der Waals surface area (Å²) in [5.74, 6) is -0.00854. The molecule has 0 saturated carbocycles. The van der Waals surface area contributed by atoms with Gasteiger partial charge < -0.3 is 15.7 Å². The van der Waals surface area contributed by atoms with E-state index in [1.54, 1.807) is 6.20 Å². The van der Waals surface area contributed by atoms with Gasteiger partial charge in [-0.05, 0) is 30.5 Å². The summed E-state index contributed by atoms with van der Waals surface area (Å²) in [6.07, 6.45) is 1.71. The van der Waals surface area contributed by atoms with Crippen LogP contribution in [0.15, 0.2) is 54.7 Å². The van der Waals surface area contributed by atoms with Crippen LogP contribution in [0.2, 0.25) is 0 Å². The molecule has 23 heavy (non-hydrogen) atoms. The molecule has 1 aromatic heterocycles. The smallest absolute Gasteiger partial charge is 0.315 e. The highest BCUT2D eigenvalue weighted by atomic mass is 16.3. The molecule has 5 nitrogen and oxygen atoms in total. The van der Waals surface area contributed by atoms with Crippen molar-refractivity contribution in [1.29, 1.82) is 0 Å². The molecule has 0 radical (unpaired) electrons. The molecule has 122 valence electrons. The first-order valence-corrected chi connectivity index (χ1v) is 7.75. The monoisotopic (exact) mass is 313 g/mol. The second kappa shape index (κ2) is 8.29. The number of rotatable bonds is 6. The summed E-state index contributed by atoms with van der Waals surface area (Å²) in [5.41, 5.74) is 1.74. The van der Waals surface area contributed by atoms with Crippen LogP contribution in [-0.4, -0.2) is 28.8 Å². The maximum Gasteiger partial charge on any atom is 0.315 e. The summed E-state index contributed by atoms with van der Waals surface area (Å²) in [6, 6.07) is 14.6. The standard InChI is InChI=1S/C18H23N3O2/c1-13(12-22)14(2)20-18(23)21-17(15-8-4-3-5-9-15)16-10-6-7-11-19-16/h3-11,13-14,17,22H,12H2,1-2H3,(H2,20,21,23). The number of aliphatic hydroxyl groups excluding tert-OH is 1. The van der Waals surface area contributed by atoms with Crippen LogP contribution in [-0.2, 0) is 0 Å². The first-order chi connectivity index (χ1) is 11.1. The summed E-state index contributed by atoms with van der Waals surface area (Å²) < 4.78 is 0. The third kappa shape index (κ3) is 4.79. The predicted molar refractivity (Wildman–Crippen MR) is 89.9 cm³/mol. The van der Waals surface area contributed by atoms with Crippen LogP contribution < -0.4 is 10.6 Å². The molecular formula is C18H23N3O2. The number of urea groups is 1. The van der Waals surface area contributed by atoms with E-state index in [4.69, 9.17) is 0 Å². The molecule has 0 aliphatic rings. The first-order valence-electron chi connectivity index (χ1n) is 7.75. The van der Waals surface area contributed by atoms with Crippen molar-refractivity contribution in [3.63, 3.8) is 0 Å². The van der Waals surface area contributed by atoms with Crippen molar-refractivity contribution >= 4 is 6.03 Å². The van der Waals surface area contributed by atoms with E-state index in [0.717, 1.165) is 11.3 Å². The van der Waals surface area contributed by atoms with Gasteiger partial charge in [-0.15, -0.1) is 0 Å². The second-order valence-corrected chi connectivity index (χ2v) is 5.66. The average Bonchev–Trinajstić information content (AvgIpc) is 2.60. The number of carbonyl (C=O) groups is 1. The minimum absolute atomic E-state index is 0.00854. The molecule has 3 atom stereocenters. The molecule has 2 rings (SSSR count). The predicted octanol–water partition coefficient (Wildman–Crippen LogP) is 2.49. The molecule has 1 heterocycles. The van der Waals surface area contributed by atoms with Gasteiger partial charge in [0.15, 0.2) is 0 Å². The number of carbonyl (C=O) groups excluding carboxylic acids is 1. The van der Waals surface area contributed by atoms with Gasteiger partial charge in [0.2, 0.25) is 0 Å². The molecule has 0 aliphatic heterocycles. The van der Waals surface area contributed by atoms with E-state index >= 15 is 0 Å². The number of aliphatic hydroxyl groups is 1. The number of pyridine rings is 1. The fourth-order valence-electron chi connectivity index (χ4n) is 2.20. The van der Waals surface area contributed by atoms with Gasteiger partial charge in [-0.2, -0.15) is 0 Å². The molecular weight excluding hydrogens is 290 g/mol. The Labute approximate surface area is 136 Å². The highest BCUT2D eigenvalue weighted by molar-refractivity contribution is 5.75. The zero-order valence-electron chi connectivity index (χ0n) is 13.4.